The fraction of sp³-hybridized carbons (Fsp3) is 0.100. The molecule has 24 heavy (non-hydrogen) atoms. The van der Waals surface area contributed by atoms with E-state index in [0.717, 1.165) is 22.3 Å². The Kier molecular flexibility index (Phi) is 4.99. The van der Waals surface area contributed by atoms with Crippen LogP contribution in [0.15, 0.2) is 73.1 Å². The predicted molar refractivity (Wildman–Crippen MR) is 93.2 cm³/mol. The Morgan fingerprint density at radius 2 is 1.67 bits per heavy atom. The van der Waals surface area contributed by atoms with Crippen LogP contribution in [0.5, 0.6) is 0 Å². The zero-order valence-corrected chi connectivity index (χ0v) is 13.1. The number of pyridine rings is 1. The SMILES string of the molecule is O=C(NCc1ccncc1)c1cccc(-c2ccc(CO)cc2)c1. The molecule has 2 aromatic carbocycles. The van der Waals surface area contributed by atoms with Crippen molar-refractivity contribution < 1.29 is 9.90 Å². The number of benzene rings is 2. The molecule has 0 spiro atoms. The van der Waals surface area contributed by atoms with Gasteiger partial charge in [0.05, 0.1) is 6.61 Å². The van der Waals surface area contributed by atoms with Gasteiger partial charge in [-0.1, -0.05) is 36.4 Å². The number of nitrogens with zero attached hydrogens (tertiary/aromatic N) is 1. The van der Waals surface area contributed by atoms with E-state index < -0.39 is 0 Å². The highest BCUT2D eigenvalue weighted by molar-refractivity contribution is 5.95. The minimum Gasteiger partial charge on any atom is -0.392 e. The van der Waals surface area contributed by atoms with Gasteiger partial charge in [-0.05, 0) is 46.5 Å². The highest BCUT2D eigenvalue weighted by Gasteiger charge is 2.07. The van der Waals surface area contributed by atoms with Crippen LogP contribution in [0, 0.1) is 0 Å². The maximum absolute atomic E-state index is 12.3. The lowest BCUT2D eigenvalue weighted by Gasteiger charge is -2.08. The number of hydrogen-bond acceptors (Lipinski definition) is 3. The smallest absolute Gasteiger partial charge is 0.251 e. The Hall–Kier alpha value is -2.98. The van der Waals surface area contributed by atoms with Crippen molar-refractivity contribution in [3.05, 3.63) is 89.7 Å². The van der Waals surface area contributed by atoms with Gasteiger partial charge in [-0.3, -0.25) is 9.78 Å². The van der Waals surface area contributed by atoms with Crippen molar-refractivity contribution in [2.45, 2.75) is 13.2 Å². The Morgan fingerprint density at radius 1 is 0.917 bits per heavy atom. The Balaban J connectivity index is 1.73. The molecule has 0 saturated carbocycles. The predicted octanol–water partition coefficient (Wildman–Crippen LogP) is 3.17. The lowest BCUT2D eigenvalue weighted by Crippen LogP contribution is -2.22. The second-order valence-corrected chi connectivity index (χ2v) is 5.47. The van der Waals surface area contributed by atoms with Crippen LogP contribution in [-0.4, -0.2) is 16.0 Å². The highest BCUT2D eigenvalue weighted by atomic mass is 16.3. The lowest BCUT2D eigenvalue weighted by molar-refractivity contribution is 0.0951. The summed E-state index contributed by atoms with van der Waals surface area (Å²) in [7, 11) is 0. The van der Waals surface area contributed by atoms with Crippen molar-refractivity contribution in [1.29, 1.82) is 0 Å². The second kappa shape index (κ2) is 7.53. The molecule has 2 N–H and O–H groups in total. The summed E-state index contributed by atoms with van der Waals surface area (Å²) in [5, 5.41) is 12.0. The molecule has 0 aliphatic rings. The molecular formula is C20H18N2O2. The van der Waals surface area contributed by atoms with Gasteiger partial charge in [-0.2, -0.15) is 0 Å². The van der Waals surface area contributed by atoms with Gasteiger partial charge in [-0.25, -0.2) is 0 Å². The Morgan fingerprint density at radius 3 is 2.38 bits per heavy atom. The third-order valence-electron chi connectivity index (χ3n) is 3.80. The van der Waals surface area contributed by atoms with E-state index in [2.05, 4.69) is 10.3 Å². The first-order valence-electron chi connectivity index (χ1n) is 7.73. The van der Waals surface area contributed by atoms with E-state index in [1.165, 1.54) is 0 Å². The number of hydrogen-bond donors (Lipinski definition) is 2. The van der Waals surface area contributed by atoms with Crippen LogP contribution >= 0.6 is 0 Å². The quantitative estimate of drug-likeness (QED) is 0.759. The summed E-state index contributed by atoms with van der Waals surface area (Å²) < 4.78 is 0. The molecule has 0 aliphatic heterocycles. The van der Waals surface area contributed by atoms with E-state index in [4.69, 9.17) is 5.11 Å². The molecule has 4 nitrogen and oxygen atoms in total. The molecule has 120 valence electrons. The molecule has 1 aromatic heterocycles. The number of aliphatic hydroxyl groups is 1. The zero-order chi connectivity index (χ0) is 16.8. The van der Waals surface area contributed by atoms with Crippen LogP contribution in [0.1, 0.15) is 21.5 Å². The fourth-order valence-corrected chi connectivity index (χ4v) is 2.43. The maximum Gasteiger partial charge on any atom is 0.251 e. The summed E-state index contributed by atoms with van der Waals surface area (Å²) in [6, 6.07) is 18.9. The molecule has 0 radical (unpaired) electrons. The Bertz CT molecular complexity index is 815. The van der Waals surface area contributed by atoms with E-state index >= 15 is 0 Å². The number of rotatable bonds is 5. The first-order valence-corrected chi connectivity index (χ1v) is 7.73. The minimum atomic E-state index is -0.111. The summed E-state index contributed by atoms with van der Waals surface area (Å²) in [5.74, 6) is -0.111. The molecular weight excluding hydrogens is 300 g/mol. The largest absolute Gasteiger partial charge is 0.392 e. The molecule has 0 fully saturated rings. The van der Waals surface area contributed by atoms with E-state index in [1.807, 2.05) is 54.6 Å². The standard InChI is InChI=1S/C20H18N2O2/c23-14-16-4-6-17(7-5-16)18-2-1-3-19(12-18)20(24)22-13-15-8-10-21-11-9-15/h1-12,23H,13-14H2,(H,22,24). The van der Waals surface area contributed by atoms with Gasteiger partial charge in [0, 0.05) is 24.5 Å². The first kappa shape index (κ1) is 15.9. The number of aromatic nitrogens is 1. The molecule has 0 saturated heterocycles. The van der Waals surface area contributed by atoms with Crippen LogP contribution in [0.2, 0.25) is 0 Å². The summed E-state index contributed by atoms with van der Waals surface area (Å²) in [6.45, 7) is 0.495. The van der Waals surface area contributed by atoms with E-state index in [9.17, 15) is 4.79 Å². The molecule has 0 unspecified atom stereocenters. The summed E-state index contributed by atoms with van der Waals surface area (Å²) in [5.41, 5.74) is 4.47. The highest BCUT2D eigenvalue weighted by Crippen LogP contribution is 2.21. The van der Waals surface area contributed by atoms with Crippen molar-refractivity contribution >= 4 is 5.91 Å². The lowest BCUT2D eigenvalue weighted by atomic mass is 10.0. The molecule has 3 aromatic rings. The summed E-state index contributed by atoms with van der Waals surface area (Å²) in [6.07, 6.45) is 3.41. The molecule has 3 rings (SSSR count). The zero-order valence-electron chi connectivity index (χ0n) is 13.1. The topological polar surface area (TPSA) is 62.2 Å². The molecule has 0 aliphatic carbocycles. The van der Waals surface area contributed by atoms with Gasteiger partial charge < -0.3 is 10.4 Å². The van der Waals surface area contributed by atoms with Crippen molar-refractivity contribution in [2.24, 2.45) is 0 Å². The molecule has 1 amide bonds. The molecule has 0 atom stereocenters. The van der Waals surface area contributed by atoms with Gasteiger partial charge in [0.25, 0.3) is 5.91 Å². The van der Waals surface area contributed by atoms with Gasteiger partial charge in [0.15, 0.2) is 0 Å². The number of aliphatic hydroxyl groups excluding tert-OH is 1. The average molecular weight is 318 g/mol. The van der Waals surface area contributed by atoms with Crippen LogP contribution < -0.4 is 5.32 Å². The van der Waals surface area contributed by atoms with Crippen LogP contribution in [0.4, 0.5) is 0 Å². The Labute approximate surface area is 140 Å². The van der Waals surface area contributed by atoms with Gasteiger partial charge >= 0.3 is 0 Å². The van der Waals surface area contributed by atoms with Crippen molar-refractivity contribution in [3.8, 4) is 11.1 Å². The first-order chi connectivity index (χ1) is 11.8. The average Bonchev–Trinajstić information content (AvgIpc) is 2.67. The van der Waals surface area contributed by atoms with E-state index in [1.54, 1.807) is 18.5 Å². The number of amides is 1. The van der Waals surface area contributed by atoms with Crippen molar-refractivity contribution in [1.82, 2.24) is 10.3 Å². The van der Waals surface area contributed by atoms with E-state index in [0.29, 0.717) is 12.1 Å². The summed E-state index contributed by atoms with van der Waals surface area (Å²) in [4.78, 5) is 16.3. The molecule has 1 heterocycles. The second-order valence-electron chi connectivity index (χ2n) is 5.47. The van der Waals surface area contributed by atoms with Gasteiger partial charge in [-0.15, -0.1) is 0 Å². The monoisotopic (exact) mass is 318 g/mol. The number of carbonyl (C=O) groups is 1. The normalized spacial score (nSPS) is 10.4. The molecule has 0 bridgehead atoms. The van der Waals surface area contributed by atoms with Crippen LogP contribution in [0.25, 0.3) is 11.1 Å². The van der Waals surface area contributed by atoms with Gasteiger partial charge in [0.2, 0.25) is 0 Å². The minimum absolute atomic E-state index is 0.0255. The van der Waals surface area contributed by atoms with Crippen LogP contribution in [-0.2, 0) is 13.2 Å². The third-order valence-corrected chi connectivity index (χ3v) is 3.80. The fourth-order valence-electron chi connectivity index (χ4n) is 2.43. The van der Waals surface area contributed by atoms with Crippen molar-refractivity contribution in [2.75, 3.05) is 0 Å². The number of nitrogens with one attached hydrogen (secondary N) is 1. The third kappa shape index (κ3) is 3.86. The number of carbonyl (C=O) groups excluding carboxylic acids is 1. The van der Waals surface area contributed by atoms with Crippen molar-refractivity contribution in [3.63, 3.8) is 0 Å². The molecule has 4 heteroatoms. The van der Waals surface area contributed by atoms with Crippen LogP contribution in [0.3, 0.4) is 0 Å². The van der Waals surface area contributed by atoms with Gasteiger partial charge in [0.1, 0.15) is 0 Å². The van der Waals surface area contributed by atoms with E-state index in [-0.39, 0.29) is 12.5 Å². The maximum atomic E-state index is 12.3. The summed E-state index contributed by atoms with van der Waals surface area (Å²) >= 11 is 0.